The van der Waals surface area contributed by atoms with E-state index in [0.29, 0.717) is 28.8 Å². The van der Waals surface area contributed by atoms with Crippen molar-refractivity contribution in [3.63, 3.8) is 0 Å². The molecule has 1 aliphatic heterocycles. The Bertz CT molecular complexity index is 1220. The summed E-state index contributed by atoms with van der Waals surface area (Å²) in [4.78, 5) is 19.6. The monoisotopic (exact) mass is 417 g/mol. The first kappa shape index (κ1) is 18.8. The van der Waals surface area contributed by atoms with Crippen LogP contribution < -0.4 is 0 Å². The van der Waals surface area contributed by atoms with E-state index in [1.165, 1.54) is 0 Å². The van der Waals surface area contributed by atoms with Crippen molar-refractivity contribution in [3.05, 3.63) is 83.2 Å². The van der Waals surface area contributed by atoms with Crippen LogP contribution >= 0.6 is 11.6 Å². The van der Waals surface area contributed by atoms with Crippen LogP contribution in [0.1, 0.15) is 35.0 Å². The second-order valence-corrected chi connectivity index (χ2v) is 8.06. The van der Waals surface area contributed by atoms with Crippen LogP contribution in [-0.2, 0) is 0 Å². The van der Waals surface area contributed by atoms with Gasteiger partial charge in [0, 0.05) is 29.2 Å². The lowest BCUT2D eigenvalue weighted by atomic mass is 9.97. The molecule has 3 aromatic carbocycles. The van der Waals surface area contributed by atoms with Crippen molar-refractivity contribution >= 4 is 28.3 Å². The van der Waals surface area contributed by atoms with Gasteiger partial charge < -0.3 is 9.42 Å². The van der Waals surface area contributed by atoms with Gasteiger partial charge in [-0.25, -0.2) is 0 Å². The zero-order valence-corrected chi connectivity index (χ0v) is 17.0. The molecule has 1 saturated heterocycles. The molecule has 5 nitrogen and oxygen atoms in total. The second kappa shape index (κ2) is 7.92. The van der Waals surface area contributed by atoms with Gasteiger partial charge in [0.15, 0.2) is 0 Å². The van der Waals surface area contributed by atoms with Gasteiger partial charge >= 0.3 is 0 Å². The van der Waals surface area contributed by atoms with Crippen molar-refractivity contribution in [2.75, 3.05) is 13.1 Å². The molecule has 1 atom stereocenters. The van der Waals surface area contributed by atoms with Crippen LogP contribution in [0.3, 0.4) is 0 Å². The molecule has 4 aromatic rings. The number of carbonyl (C=O) groups excluding carboxylic acids is 1. The molecule has 150 valence electrons. The van der Waals surface area contributed by atoms with Crippen molar-refractivity contribution in [2.45, 2.75) is 18.8 Å². The summed E-state index contributed by atoms with van der Waals surface area (Å²) in [6.45, 7) is 1.31. The number of hydrogen-bond donors (Lipinski definition) is 0. The van der Waals surface area contributed by atoms with Crippen LogP contribution in [0.25, 0.3) is 22.2 Å². The number of rotatable bonds is 3. The minimum Gasteiger partial charge on any atom is -0.339 e. The SMILES string of the molecule is O=C(c1ccc2ccccc2c1)N1CCCC(c2nc(-c3cccc(Cl)c3)no2)C1. The third-order valence-electron chi connectivity index (χ3n) is 5.58. The molecule has 0 N–H and O–H groups in total. The number of hydrogen-bond acceptors (Lipinski definition) is 4. The smallest absolute Gasteiger partial charge is 0.253 e. The molecule has 0 spiro atoms. The summed E-state index contributed by atoms with van der Waals surface area (Å²) in [6.07, 6.45) is 1.82. The number of fused-ring (bicyclic) bond motifs is 1. The number of likely N-dealkylation sites (tertiary alicyclic amines) is 1. The van der Waals surface area contributed by atoms with Crippen molar-refractivity contribution in [3.8, 4) is 11.4 Å². The maximum absolute atomic E-state index is 13.1. The molecule has 1 aliphatic rings. The molecular formula is C24H20ClN3O2. The normalized spacial score (nSPS) is 16.7. The van der Waals surface area contributed by atoms with Crippen LogP contribution in [0.2, 0.25) is 5.02 Å². The van der Waals surface area contributed by atoms with Gasteiger partial charge in [-0.1, -0.05) is 59.2 Å². The van der Waals surface area contributed by atoms with Crippen molar-refractivity contribution in [2.24, 2.45) is 0 Å². The van der Waals surface area contributed by atoms with Crippen molar-refractivity contribution in [1.82, 2.24) is 15.0 Å². The van der Waals surface area contributed by atoms with Crippen LogP contribution in [-0.4, -0.2) is 34.0 Å². The maximum Gasteiger partial charge on any atom is 0.253 e. The molecule has 30 heavy (non-hydrogen) atoms. The highest BCUT2D eigenvalue weighted by atomic mass is 35.5. The predicted octanol–water partition coefficient (Wildman–Crippen LogP) is 5.56. The molecule has 2 heterocycles. The van der Waals surface area contributed by atoms with Gasteiger partial charge in [0.2, 0.25) is 11.7 Å². The van der Waals surface area contributed by atoms with E-state index in [-0.39, 0.29) is 11.8 Å². The number of halogens is 1. The van der Waals surface area contributed by atoms with Gasteiger partial charge in [-0.2, -0.15) is 4.98 Å². The summed E-state index contributed by atoms with van der Waals surface area (Å²) in [6, 6.07) is 21.3. The molecule has 0 aliphatic carbocycles. The summed E-state index contributed by atoms with van der Waals surface area (Å²) < 4.78 is 5.55. The Balaban J connectivity index is 1.35. The first-order valence-corrected chi connectivity index (χ1v) is 10.4. The fraction of sp³-hybridized carbons (Fsp3) is 0.208. The second-order valence-electron chi connectivity index (χ2n) is 7.62. The lowest BCUT2D eigenvalue weighted by Gasteiger charge is -2.31. The summed E-state index contributed by atoms with van der Waals surface area (Å²) in [5, 5.41) is 6.94. The third-order valence-corrected chi connectivity index (χ3v) is 5.81. The number of carbonyl (C=O) groups is 1. The molecule has 1 unspecified atom stereocenters. The number of amides is 1. The van der Waals surface area contributed by atoms with Gasteiger partial charge in [-0.15, -0.1) is 0 Å². The minimum absolute atomic E-state index is 0.0311. The van der Waals surface area contributed by atoms with Gasteiger partial charge in [0.05, 0.1) is 5.92 Å². The molecule has 1 aromatic heterocycles. The quantitative estimate of drug-likeness (QED) is 0.437. The molecule has 6 heteroatoms. The Hall–Kier alpha value is -3.18. The Kier molecular flexibility index (Phi) is 4.97. The zero-order valence-electron chi connectivity index (χ0n) is 16.3. The molecule has 5 rings (SSSR count). The Labute approximate surface area is 179 Å². The van der Waals surface area contributed by atoms with Gasteiger partial charge in [0.25, 0.3) is 5.91 Å². The van der Waals surface area contributed by atoms with Crippen molar-refractivity contribution in [1.29, 1.82) is 0 Å². The third kappa shape index (κ3) is 3.68. The standard InChI is InChI=1S/C24H20ClN3O2/c25-21-9-3-7-18(14-21)22-26-23(30-27-22)20-8-4-12-28(15-20)24(29)19-11-10-16-5-1-2-6-17(16)13-19/h1-3,5-7,9-11,13-14,20H,4,8,12,15H2. The summed E-state index contributed by atoms with van der Waals surface area (Å²) in [5.74, 6) is 1.16. The van der Waals surface area contributed by atoms with E-state index in [0.717, 1.165) is 35.7 Å². The van der Waals surface area contributed by atoms with E-state index < -0.39 is 0 Å². The number of aromatic nitrogens is 2. The number of benzene rings is 3. The Morgan fingerprint density at radius 3 is 2.77 bits per heavy atom. The number of nitrogens with zero attached hydrogens (tertiary/aromatic N) is 3. The zero-order chi connectivity index (χ0) is 20.5. The topological polar surface area (TPSA) is 59.2 Å². The fourth-order valence-electron chi connectivity index (χ4n) is 4.01. The van der Waals surface area contributed by atoms with E-state index in [9.17, 15) is 4.79 Å². The Morgan fingerprint density at radius 1 is 1.03 bits per heavy atom. The van der Waals surface area contributed by atoms with Crippen LogP contribution in [0.5, 0.6) is 0 Å². The van der Waals surface area contributed by atoms with E-state index in [1.54, 1.807) is 0 Å². The Morgan fingerprint density at radius 2 is 1.90 bits per heavy atom. The predicted molar refractivity (Wildman–Crippen MR) is 117 cm³/mol. The van der Waals surface area contributed by atoms with Gasteiger partial charge in [-0.3, -0.25) is 4.79 Å². The van der Waals surface area contributed by atoms with Gasteiger partial charge in [0.1, 0.15) is 0 Å². The average molecular weight is 418 g/mol. The average Bonchev–Trinajstić information content (AvgIpc) is 3.29. The van der Waals surface area contributed by atoms with E-state index >= 15 is 0 Å². The van der Waals surface area contributed by atoms with Crippen LogP contribution in [0.4, 0.5) is 0 Å². The van der Waals surface area contributed by atoms with Crippen molar-refractivity contribution < 1.29 is 9.32 Å². The largest absolute Gasteiger partial charge is 0.339 e. The molecule has 0 bridgehead atoms. The molecular weight excluding hydrogens is 398 g/mol. The number of piperidine rings is 1. The van der Waals surface area contributed by atoms with E-state index in [1.807, 2.05) is 71.6 Å². The maximum atomic E-state index is 13.1. The molecule has 0 saturated carbocycles. The molecule has 1 amide bonds. The lowest BCUT2D eigenvalue weighted by Crippen LogP contribution is -2.39. The van der Waals surface area contributed by atoms with E-state index in [4.69, 9.17) is 16.1 Å². The first-order valence-electron chi connectivity index (χ1n) is 10.0. The van der Waals surface area contributed by atoms with Gasteiger partial charge in [-0.05, 0) is 47.9 Å². The highest BCUT2D eigenvalue weighted by Crippen LogP contribution is 2.29. The van der Waals surface area contributed by atoms with E-state index in [2.05, 4.69) is 10.1 Å². The summed E-state index contributed by atoms with van der Waals surface area (Å²) in [5.41, 5.74) is 1.52. The summed E-state index contributed by atoms with van der Waals surface area (Å²) >= 11 is 6.07. The van der Waals surface area contributed by atoms with Crippen LogP contribution in [0.15, 0.2) is 71.3 Å². The first-order chi connectivity index (χ1) is 14.7. The highest BCUT2D eigenvalue weighted by Gasteiger charge is 2.29. The molecule has 1 fully saturated rings. The summed E-state index contributed by atoms with van der Waals surface area (Å²) in [7, 11) is 0. The molecule has 0 radical (unpaired) electrons. The minimum atomic E-state index is 0.0311. The fourth-order valence-corrected chi connectivity index (χ4v) is 4.20. The van der Waals surface area contributed by atoms with Crippen LogP contribution in [0, 0.1) is 0 Å². The highest BCUT2D eigenvalue weighted by molar-refractivity contribution is 6.30. The lowest BCUT2D eigenvalue weighted by molar-refractivity contribution is 0.0696.